The van der Waals surface area contributed by atoms with Crippen LogP contribution >= 0.6 is 11.8 Å². The lowest BCUT2D eigenvalue weighted by atomic mass is 10.1. The number of hydrogen-bond acceptors (Lipinski definition) is 1. The van der Waals surface area contributed by atoms with E-state index in [1.807, 2.05) is 0 Å². The monoisotopic (exact) mass is 270 g/mol. The van der Waals surface area contributed by atoms with Gasteiger partial charge in [0.25, 0.3) is 0 Å². The number of alkyl halides is 7. The van der Waals surface area contributed by atoms with Crippen molar-refractivity contribution in [3.05, 3.63) is 12.2 Å². The Bertz CT molecular complexity index is 243. The van der Waals surface area contributed by atoms with Gasteiger partial charge in [0.2, 0.25) is 0 Å². The summed E-state index contributed by atoms with van der Waals surface area (Å²) in [5.74, 6) is -10.8. The van der Waals surface area contributed by atoms with Gasteiger partial charge in [-0.15, -0.1) is 0 Å². The summed E-state index contributed by atoms with van der Waals surface area (Å²) in [7, 11) is 0. The Morgan fingerprint density at radius 3 is 1.88 bits per heavy atom. The first kappa shape index (κ1) is 15.6. The molecule has 0 radical (unpaired) electrons. The first-order valence-corrected chi connectivity index (χ1v) is 5.29. The molecular formula is C8H9F7S. The lowest BCUT2D eigenvalue weighted by Crippen LogP contribution is -2.50. The van der Waals surface area contributed by atoms with Crippen LogP contribution in [0.5, 0.6) is 0 Å². The van der Waals surface area contributed by atoms with E-state index in [1.165, 1.54) is 0 Å². The topological polar surface area (TPSA) is 0 Å². The zero-order valence-electron chi connectivity index (χ0n) is 8.12. The number of allylic oxidation sites excluding steroid dienone is 1. The SMILES string of the molecule is CCSC/C=C/C(F)(F)C(F)(F)C(F)(F)F. The average molecular weight is 270 g/mol. The predicted molar refractivity (Wildman–Crippen MR) is 48.1 cm³/mol. The molecule has 0 amide bonds. The fourth-order valence-corrected chi connectivity index (χ4v) is 1.14. The van der Waals surface area contributed by atoms with E-state index in [4.69, 9.17) is 0 Å². The number of halogens is 7. The zero-order chi connectivity index (χ0) is 13.0. The highest BCUT2D eigenvalue weighted by Crippen LogP contribution is 2.47. The Kier molecular flexibility index (Phi) is 5.15. The maximum atomic E-state index is 12.6. The van der Waals surface area contributed by atoms with Crippen molar-refractivity contribution in [1.29, 1.82) is 0 Å². The quantitative estimate of drug-likeness (QED) is 0.411. The van der Waals surface area contributed by atoms with Gasteiger partial charge >= 0.3 is 18.0 Å². The van der Waals surface area contributed by atoms with Crippen LogP contribution in [-0.4, -0.2) is 29.5 Å². The van der Waals surface area contributed by atoms with Gasteiger partial charge in [0.05, 0.1) is 0 Å². The van der Waals surface area contributed by atoms with Crippen molar-refractivity contribution in [3.8, 4) is 0 Å². The molecule has 0 fully saturated rings. The summed E-state index contributed by atoms with van der Waals surface area (Å²) in [4.78, 5) is 0. The zero-order valence-corrected chi connectivity index (χ0v) is 8.94. The second-order valence-corrected chi connectivity index (χ2v) is 4.08. The van der Waals surface area contributed by atoms with Gasteiger partial charge in [-0.1, -0.05) is 13.0 Å². The smallest absolute Gasteiger partial charge is 0.195 e. The highest BCUT2D eigenvalue weighted by Gasteiger charge is 2.71. The Hall–Kier alpha value is -0.400. The van der Waals surface area contributed by atoms with Gasteiger partial charge in [-0.3, -0.25) is 0 Å². The molecule has 16 heavy (non-hydrogen) atoms. The highest BCUT2D eigenvalue weighted by molar-refractivity contribution is 7.99. The van der Waals surface area contributed by atoms with Gasteiger partial charge < -0.3 is 0 Å². The molecule has 0 saturated heterocycles. The van der Waals surface area contributed by atoms with Gasteiger partial charge in [-0.25, -0.2) is 0 Å². The average Bonchev–Trinajstić information content (AvgIpc) is 2.10. The van der Waals surface area contributed by atoms with Crippen LogP contribution in [0.3, 0.4) is 0 Å². The van der Waals surface area contributed by atoms with Crippen molar-refractivity contribution < 1.29 is 30.7 Å². The normalized spacial score (nSPS) is 14.8. The van der Waals surface area contributed by atoms with Crippen LogP contribution in [0.25, 0.3) is 0 Å². The van der Waals surface area contributed by atoms with Crippen LogP contribution < -0.4 is 0 Å². The minimum atomic E-state index is -6.27. The largest absolute Gasteiger partial charge is 0.460 e. The van der Waals surface area contributed by atoms with E-state index in [0.717, 1.165) is 11.8 Å². The van der Waals surface area contributed by atoms with Crippen molar-refractivity contribution >= 4 is 11.8 Å². The molecule has 0 aromatic rings. The number of rotatable bonds is 5. The van der Waals surface area contributed by atoms with Crippen molar-refractivity contribution in [3.63, 3.8) is 0 Å². The van der Waals surface area contributed by atoms with E-state index < -0.39 is 24.1 Å². The molecule has 0 aliphatic heterocycles. The molecule has 96 valence electrons. The first-order chi connectivity index (χ1) is 7.06. The Labute approximate surface area is 91.9 Å². The molecule has 0 rings (SSSR count). The Morgan fingerprint density at radius 2 is 1.50 bits per heavy atom. The summed E-state index contributed by atoms with van der Waals surface area (Å²) < 4.78 is 84.6. The minimum Gasteiger partial charge on any atom is -0.195 e. The molecule has 0 nitrogen and oxygen atoms in total. The van der Waals surface area contributed by atoms with Crippen LogP contribution in [0.15, 0.2) is 12.2 Å². The summed E-state index contributed by atoms with van der Waals surface area (Å²) in [5, 5.41) is 0. The molecule has 8 heteroatoms. The van der Waals surface area contributed by atoms with Crippen molar-refractivity contribution in [1.82, 2.24) is 0 Å². The Balaban J connectivity index is 4.71. The summed E-state index contributed by atoms with van der Waals surface area (Å²) in [6, 6.07) is 0. The Morgan fingerprint density at radius 1 is 1.00 bits per heavy atom. The summed E-state index contributed by atoms with van der Waals surface area (Å²) in [6.45, 7) is 1.70. The second kappa shape index (κ2) is 5.29. The van der Waals surface area contributed by atoms with E-state index in [9.17, 15) is 30.7 Å². The van der Waals surface area contributed by atoms with Gasteiger partial charge in [-0.2, -0.15) is 42.5 Å². The van der Waals surface area contributed by atoms with Crippen LogP contribution in [0, 0.1) is 0 Å². The van der Waals surface area contributed by atoms with Crippen LogP contribution in [0.2, 0.25) is 0 Å². The molecule has 0 N–H and O–H groups in total. The van der Waals surface area contributed by atoms with Crippen LogP contribution in [-0.2, 0) is 0 Å². The molecule has 0 spiro atoms. The number of thioether (sulfide) groups is 1. The summed E-state index contributed by atoms with van der Waals surface area (Å²) >= 11 is 1.12. The molecule has 0 aliphatic rings. The van der Waals surface area contributed by atoms with E-state index >= 15 is 0 Å². The van der Waals surface area contributed by atoms with Crippen LogP contribution in [0.1, 0.15) is 6.92 Å². The summed E-state index contributed by atoms with van der Waals surface area (Å²) in [5.41, 5.74) is 0. The molecule has 0 aromatic carbocycles. The third-order valence-corrected chi connectivity index (χ3v) is 2.36. The molecule has 0 bridgehead atoms. The van der Waals surface area contributed by atoms with E-state index in [1.54, 1.807) is 6.92 Å². The van der Waals surface area contributed by atoms with E-state index in [0.29, 0.717) is 11.8 Å². The maximum absolute atomic E-state index is 12.6. The predicted octanol–water partition coefficient (Wildman–Crippen LogP) is 4.13. The third-order valence-electron chi connectivity index (χ3n) is 1.52. The number of hydrogen-bond donors (Lipinski definition) is 0. The molecular weight excluding hydrogens is 261 g/mol. The molecule has 0 aliphatic carbocycles. The highest BCUT2D eigenvalue weighted by atomic mass is 32.2. The molecule has 0 heterocycles. The second-order valence-electron chi connectivity index (χ2n) is 2.76. The lowest BCUT2D eigenvalue weighted by Gasteiger charge is -2.25. The van der Waals surface area contributed by atoms with Crippen molar-refractivity contribution in [2.45, 2.75) is 24.9 Å². The summed E-state index contributed by atoms with van der Waals surface area (Å²) in [6.07, 6.45) is -6.06. The standard InChI is InChI=1S/C8H9F7S/c1-2-16-5-3-4-6(9,10)7(11,12)8(13,14)15/h3-4H,2,5H2,1H3/b4-3+. The van der Waals surface area contributed by atoms with E-state index in [2.05, 4.69) is 0 Å². The minimum absolute atomic E-state index is 0.0416. The van der Waals surface area contributed by atoms with Crippen LogP contribution in [0.4, 0.5) is 30.7 Å². The van der Waals surface area contributed by atoms with E-state index in [-0.39, 0.29) is 5.75 Å². The van der Waals surface area contributed by atoms with Crippen molar-refractivity contribution in [2.24, 2.45) is 0 Å². The maximum Gasteiger partial charge on any atom is 0.460 e. The van der Waals surface area contributed by atoms with Gasteiger partial charge in [0, 0.05) is 5.75 Å². The third kappa shape index (κ3) is 3.57. The fourth-order valence-electron chi connectivity index (χ4n) is 0.676. The first-order valence-electron chi connectivity index (χ1n) is 4.14. The molecule has 0 saturated carbocycles. The molecule has 0 atom stereocenters. The lowest BCUT2D eigenvalue weighted by molar-refractivity contribution is -0.341. The molecule has 0 aromatic heterocycles. The van der Waals surface area contributed by atoms with Gasteiger partial charge in [-0.05, 0) is 11.8 Å². The van der Waals surface area contributed by atoms with Gasteiger partial charge in [0.1, 0.15) is 0 Å². The van der Waals surface area contributed by atoms with Gasteiger partial charge in [0.15, 0.2) is 0 Å². The fraction of sp³-hybridized carbons (Fsp3) is 0.750. The van der Waals surface area contributed by atoms with Crippen molar-refractivity contribution in [2.75, 3.05) is 11.5 Å². The molecule has 0 unspecified atom stereocenters.